The largest absolute Gasteiger partial charge is 0.493 e. The molecule has 1 amide bonds. The first-order valence-corrected chi connectivity index (χ1v) is 14.1. The van der Waals surface area contributed by atoms with Crippen molar-refractivity contribution in [3.63, 3.8) is 0 Å². The summed E-state index contributed by atoms with van der Waals surface area (Å²) in [5.74, 6) is 0.806. The highest BCUT2D eigenvalue weighted by atomic mass is 32.2. The third-order valence-corrected chi connectivity index (χ3v) is 8.66. The second-order valence-corrected chi connectivity index (χ2v) is 12.2. The number of sulfone groups is 1. The number of hydrogen-bond donors (Lipinski definition) is 0. The summed E-state index contributed by atoms with van der Waals surface area (Å²) in [4.78, 5) is 14.3. The van der Waals surface area contributed by atoms with Gasteiger partial charge in [0.25, 0.3) is 0 Å². The van der Waals surface area contributed by atoms with Crippen LogP contribution in [0.4, 0.5) is 0 Å². The van der Waals surface area contributed by atoms with Crippen LogP contribution in [0.1, 0.15) is 24.0 Å². The molecular formula is C23H30N2O6S2. The van der Waals surface area contributed by atoms with E-state index in [-0.39, 0.29) is 28.8 Å². The van der Waals surface area contributed by atoms with Gasteiger partial charge < -0.3 is 9.64 Å². The summed E-state index contributed by atoms with van der Waals surface area (Å²) in [6.07, 6.45) is 1.99. The van der Waals surface area contributed by atoms with Gasteiger partial charge >= 0.3 is 0 Å². The highest BCUT2D eigenvalue weighted by molar-refractivity contribution is 7.90. The molecular weight excluding hydrogens is 464 g/mol. The van der Waals surface area contributed by atoms with Gasteiger partial charge in [-0.2, -0.15) is 4.31 Å². The fourth-order valence-electron chi connectivity index (χ4n) is 3.61. The van der Waals surface area contributed by atoms with Gasteiger partial charge in [-0.3, -0.25) is 4.79 Å². The Kier molecular flexibility index (Phi) is 7.81. The summed E-state index contributed by atoms with van der Waals surface area (Å²) in [5.41, 5.74) is 2.17. The fourth-order valence-corrected chi connectivity index (χ4v) is 5.66. The van der Waals surface area contributed by atoms with Gasteiger partial charge in [0.1, 0.15) is 5.75 Å². The van der Waals surface area contributed by atoms with Crippen LogP contribution >= 0.6 is 0 Å². The lowest BCUT2D eigenvalue weighted by atomic mass is 10.1. The molecule has 3 rings (SSSR count). The van der Waals surface area contributed by atoms with Crippen molar-refractivity contribution < 1.29 is 26.4 Å². The Balaban J connectivity index is 1.48. The number of hydrogen-bond acceptors (Lipinski definition) is 6. The van der Waals surface area contributed by atoms with Crippen LogP contribution in [0.25, 0.3) is 0 Å². The standard InChI is InChI=1S/C23H30N2O6S2/c1-18-6-7-19(2)22(17-18)31-16-4-5-23(26)24-12-14-25(15-13-24)33(29,30)21-10-8-20(9-11-21)32(3,27)28/h6-11,17H,4-5,12-16H2,1-3H3. The number of aryl methyl sites for hydroxylation is 2. The monoisotopic (exact) mass is 494 g/mol. The van der Waals surface area contributed by atoms with Gasteiger partial charge in [-0.15, -0.1) is 0 Å². The maximum Gasteiger partial charge on any atom is 0.243 e. The smallest absolute Gasteiger partial charge is 0.243 e. The molecule has 2 aromatic carbocycles. The van der Waals surface area contributed by atoms with Gasteiger partial charge in [-0.05, 0) is 61.7 Å². The zero-order chi connectivity index (χ0) is 24.2. The molecule has 0 saturated carbocycles. The predicted octanol–water partition coefficient (Wildman–Crippen LogP) is 2.40. The summed E-state index contributed by atoms with van der Waals surface area (Å²) < 4.78 is 56.1. The van der Waals surface area contributed by atoms with Crippen molar-refractivity contribution in [1.82, 2.24) is 9.21 Å². The number of ether oxygens (including phenoxy) is 1. The molecule has 0 bridgehead atoms. The first-order valence-electron chi connectivity index (χ1n) is 10.8. The molecule has 1 aliphatic rings. The molecule has 1 fully saturated rings. The van der Waals surface area contributed by atoms with Crippen molar-refractivity contribution in [3.8, 4) is 5.75 Å². The SMILES string of the molecule is Cc1ccc(C)c(OCCCC(=O)N2CCN(S(=O)(=O)c3ccc(S(C)(=O)=O)cc3)CC2)c1. The van der Waals surface area contributed by atoms with E-state index in [0.29, 0.717) is 32.5 Å². The summed E-state index contributed by atoms with van der Waals surface area (Å²) in [6, 6.07) is 11.2. The normalized spacial score (nSPS) is 15.4. The van der Waals surface area contributed by atoms with Crippen molar-refractivity contribution in [2.45, 2.75) is 36.5 Å². The Hall–Kier alpha value is -2.43. The van der Waals surface area contributed by atoms with Crippen LogP contribution in [0, 0.1) is 13.8 Å². The van der Waals surface area contributed by atoms with Gasteiger partial charge in [0.2, 0.25) is 15.9 Å². The summed E-state index contributed by atoms with van der Waals surface area (Å²) in [6.45, 7) is 5.44. The number of carbonyl (C=O) groups excluding carboxylic acids is 1. The molecule has 1 aliphatic heterocycles. The van der Waals surface area contributed by atoms with Crippen LogP contribution in [-0.2, 0) is 24.7 Å². The number of benzene rings is 2. The number of nitrogens with zero attached hydrogens (tertiary/aromatic N) is 2. The van der Waals surface area contributed by atoms with E-state index in [2.05, 4.69) is 0 Å². The quantitative estimate of drug-likeness (QED) is 0.523. The Morgan fingerprint density at radius 2 is 1.52 bits per heavy atom. The van der Waals surface area contributed by atoms with E-state index in [1.165, 1.54) is 28.6 Å². The van der Waals surface area contributed by atoms with Crippen LogP contribution in [0.2, 0.25) is 0 Å². The molecule has 33 heavy (non-hydrogen) atoms. The molecule has 0 spiro atoms. The maximum atomic E-state index is 12.9. The molecule has 0 atom stereocenters. The van der Waals surface area contributed by atoms with Gasteiger partial charge in [-0.1, -0.05) is 12.1 Å². The van der Waals surface area contributed by atoms with Gasteiger partial charge in [0, 0.05) is 38.9 Å². The van der Waals surface area contributed by atoms with E-state index in [9.17, 15) is 21.6 Å². The average Bonchev–Trinajstić information content (AvgIpc) is 2.78. The third kappa shape index (κ3) is 6.33. The Morgan fingerprint density at radius 1 is 0.909 bits per heavy atom. The highest BCUT2D eigenvalue weighted by Crippen LogP contribution is 2.21. The number of carbonyl (C=O) groups is 1. The Morgan fingerprint density at radius 3 is 2.12 bits per heavy atom. The van der Waals surface area contributed by atoms with Crippen molar-refractivity contribution in [1.29, 1.82) is 0 Å². The first-order chi connectivity index (χ1) is 15.5. The first kappa shape index (κ1) is 25.2. The third-order valence-electron chi connectivity index (χ3n) is 5.62. The molecule has 2 aromatic rings. The summed E-state index contributed by atoms with van der Waals surface area (Å²) in [7, 11) is -7.15. The summed E-state index contributed by atoms with van der Waals surface area (Å²) >= 11 is 0. The molecule has 0 N–H and O–H groups in total. The molecule has 1 saturated heterocycles. The zero-order valence-electron chi connectivity index (χ0n) is 19.2. The number of amides is 1. The van der Waals surface area contributed by atoms with Crippen LogP contribution in [0.15, 0.2) is 52.3 Å². The molecule has 180 valence electrons. The van der Waals surface area contributed by atoms with Gasteiger partial charge in [-0.25, -0.2) is 16.8 Å². The van der Waals surface area contributed by atoms with Crippen molar-refractivity contribution >= 4 is 25.8 Å². The minimum atomic E-state index is -3.75. The van der Waals surface area contributed by atoms with Crippen LogP contribution in [0.3, 0.4) is 0 Å². The van der Waals surface area contributed by atoms with Crippen LogP contribution in [0.5, 0.6) is 5.75 Å². The van der Waals surface area contributed by atoms with E-state index < -0.39 is 19.9 Å². The Bertz CT molecular complexity index is 1200. The molecule has 8 nitrogen and oxygen atoms in total. The molecule has 0 aliphatic carbocycles. The fraction of sp³-hybridized carbons (Fsp3) is 0.435. The van der Waals surface area contributed by atoms with E-state index in [0.717, 1.165) is 23.1 Å². The van der Waals surface area contributed by atoms with Gasteiger partial charge in [0.15, 0.2) is 9.84 Å². The number of piperazine rings is 1. The lowest BCUT2D eigenvalue weighted by Gasteiger charge is -2.34. The van der Waals surface area contributed by atoms with Crippen LogP contribution in [-0.4, -0.2) is 71.0 Å². The average molecular weight is 495 g/mol. The number of sulfonamides is 1. The lowest BCUT2D eigenvalue weighted by Crippen LogP contribution is -2.50. The van der Waals surface area contributed by atoms with E-state index in [1.54, 1.807) is 4.90 Å². The van der Waals surface area contributed by atoms with Crippen molar-refractivity contribution in [2.75, 3.05) is 39.0 Å². The highest BCUT2D eigenvalue weighted by Gasteiger charge is 2.30. The molecule has 0 radical (unpaired) electrons. The molecule has 1 heterocycles. The van der Waals surface area contributed by atoms with E-state index in [1.807, 2.05) is 32.0 Å². The van der Waals surface area contributed by atoms with Crippen LogP contribution < -0.4 is 4.74 Å². The minimum absolute atomic E-state index is 0.0193. The topological polar surface area (TPSA) is 101 Å². The molecule has 0 aromatic heterocycles. The predicted molar refractivity (Wildman–Crippen MR) is 126 cm³/mol. The van der Waals surface area contributed by atoms with E-state index in [4.69, 9.17) is 4.74 Å². The molecule has 10 heteroatoms. The summed E-state index contributed by atoms with van der Waals surface area (Å²) in [5, 5.41) is 0. The van der Waals surface area contributed by atoms with Gasteiger partial charge in [0.05, 0.1) is 16.4 Å². The van der Waals surface area contributed by atoms with Crippen molar-refractivity contribution in [3.05, 3.63) is 53.6 Å². The zero-order valence-corrected chi connectivity index (χ0v) is 20.8. The second-order valence-electron chi connectivity index (χ2n) is 8.25. The van der Waals surface area contributed by atoms with E-state index >= 15 is 0 Å². The maximum absolute atomic E-state index is 12.9. The second kappa shape index (κ2) is 10.2. The Labute approximate surface area is 196 Å². The molecule has 0 unspecified atom stereocenters. The number of rotatable bonds is 8. The lowest BCUT2D eigenvalue weighted by molar-refractivity contribution is -0.132. The van der Waals surface area contributed by atoms with Crippen molar-refractivity contribution in [2.24, 2.45) is 0 Å². The minimum Gasteiger partial charge on any atom is -0.493 e.